The van der Waals surface area contributed by atoms with Gasteiger partial charge in [0.15, 0.2) is 0 Å². The monoisotopic (exact) mass is 295 g/mol. The Balaban J connectivity index is 2.72. The van der Waals surface area contributed by atoms with Gasteiger partial charge in [0.1, 0.15) is 11.6 Å². The number of ether oxygens (including phenoxy) is 1. The van der Waals surface area contributed by atoms with Gasteiger partial charge in [0.2, 0.25) is 0 Å². The van der Waals surface area contributed by atoms with Crippen LogP contribution in [-0.4, -0.2) is 29.9 Å². The number of carbonyl (C=O) groups is 2. The Morgan fingerprint density at radius 2 is 1.95 bits per heavy atom. The van der Waals surface area contributed by atoms with Gasteiger partial charge < -0.3 is 15.2 Å². The van der Waals surface area contributed by atoms with Crippen LogP contribution in [0.5, 0.6) is 5.75 Å². The minimum Gasteiger partial charge on any atom is -0.481 e. The lowest BCUT2D eigenvalue weighted by Crippen LogP contribution is -2.27. The molecular weight excluding hydrogens is 286 g/mol. The third-order valence-corrected chi connectivity index (χ3v) is 2.04. The topological polar surface area (TPSA) is 75.6 Å². The van der Waals surface area contributed by atoms with Gasteiger partial charge in [0.05, 0.1) is 12.0 Å². The summed E-state index contributed by atoms with van der Waals surface area (Å²) in [5.41, 5.74) is -0.509. The molecule has 0 radical (unpaired) electrons. The number of benzene rings is 1. The van der Waals surface area contributed by atoms with Crippen molar-refractivity contribution in [2.45, 2.75) is 12.8 Å². The van der Waals surface area contributed by atoms with E-state index in [0.29, 0.717) is 6.07 Å². The molecule has 1 rings (SSSR count). The molecule has 20 heavy (non-hydrogen) atoms. The summed E-state index contributed by atoms with van der Waals surface area (Å²) >= 11 is 0. The molecule has 0 aliphatic carbocycles. The maximum Gasteiger partial charge on any atom is 0.573 e. The van der Waals surface area contributed by atoms with Gasteiger partial charge in [0.25, 0.3) is 5.91 Å². The van der Waals surface area contributed by atoms with Gasteiger partial charge in [0, 0.05) is 12.6 Å². The summed E-state index contributed by atoms with van der Waals surface area (Å²) < 4.78 is 52.6. The predicted molar refractivity (Wildman–Crippen MR) is 57.7 cm³/mol. The van der Waals surface area contributed by atoms with E-state index in [1.54, 1.807) is 0 Å². The van der Waals surface area contributed by atoms with Crippen molar-refractivity contribution < 1.29 is 37.0 Å². The van der Waals surface area contributed by atoms with Crippen molar-refractivity contribution in [3.63, 3.8) is 0 Å². The van der Waals surface area contributed by atoms with Crippen LogP contribution in [0.2, 0.25) is 0 Å². The minimum absolute atomic E-state index is 0.228. The van der Waals surface area contributed by atoms with Crippen LogP contribution in [0.4, 0.5) is 17.6 Å². The fraction of sp³-hybridized carbons (Fsp3) is 0.273. The fourth-order valence-corrected chi connectivity index (χ4v) is 1.26. The molecule has 0 aliphatic heterocycles. The van der Waals surface area contributed by atoms with Crippen LogP contribution in [0.3, 0.4) is 0 Å². The summed E-state index contributed by atoms with van der Waals surface area (Å²) in [4.78, 5) is 21.6. The Morgan fingerprint density at radius 3 is 2.45 bits per heavy atom. The van der Waals surface area contributed by atoms with E-state index in [4.69, 9.17) is 5.11 Å². The SMILES string of the molecule is O=C(O)CCNC(=O)c1ccc(OC(F)(F)F)cc1F. The van der Waals surface area contributed by atoms with Crippen molar-refractivity contribution in [2.75, 3.05) is 6.54 Å². The Labute approximate surface area is 110 Å². The normalized spacial score (nSPS) is 11.0. The average Bonchev–Trinajstić information content (AvgIpc) is 2.25. The smallest absolute Gasteiger partial charge is 0.481 e. The minimum atomic E-state index is -4.96. The molecule has 0 atom stereocenters. The fourth-order valence-electron chi connectivity index (χ4n) is 1.26. The van der Waals surface area contributed by atoms with Gasteiger partial charge in [-0.15, -0.1) is 13.2 Å². The second kappa shape index (κ2) is 6.22. The zero-order valence-electron chi connectivity index (χ0n) is 9.83. The van der Waals surface area contributed by atoms with Crippen molar-refractivity contribution >= 4 is 11.9 Å². The van der Waals surface area contributed by atoms with Crippen LogP contribution >= 0.6 is 0 Å². The van der Waals surface area contributed by atoms with E-state index in [2.05, 4.69) is 10.1 Å². The molecule has 0 spiro atoms. The third kappa shape index (κ3) is 5.12. The molecule has 0 heterocycles. The lowest BCUT2D eigenvalue weighted by atomic mass is 10.2. The van der Waals surface area contributed by atoms with Gasteiger partial charge in [-0.3, -0.25) is 9.59 Å². The van der Waals surface area contributed by atoms with E-state index in [-0.39, 0.29) is 13.0 Å². The molecule has 0 fully saturated rings. The number of carboxylic acid groups (broad SMARTS) is 1. The number of rotatable bonds is 5. The van der Waals surface area contributed by atoms with Crippen molar-refractivity contribution in [1.82, 2.24) is 5.32 Å². The highest BCUT2D eigenvalue weighted by Crippen LogP contribution is 2.24. The van der Waals surface area contributed by atoms with Crippen LogP contribution in [-0.2, 0) is 4.79 Å². The van der Waals surface area contributed by atoms with Gasteiger partial charge in [-0.1, -0.05) is 0 Å². The second-order valence-corrected chi connectivity index (χ2v) is 3.59. The van der Waals surface area contributed by atoms with E-state index < -0.39 is 35.4 Å². The Kier molecular flexibility index (Phi) is 4.89. The van der Waals surface area contributed by atoms with E-state index in [1.807, 2.05) is 0 Å². The number of aliphatic carboxylic acids is 1. The molecule has 0 bridgehead atoms. The molecule has 5 nitrogen and oxygen atoms in total. The number of hydrogen-bond donors (Lipinski definition) is 2. The molecule has 0 aliphatic rings. The molecular formula is C11H9F4NO4. The molecule has 2 N–H and O–H groups in total. The van der Waals surface area contributed by atoms with Crippen LogP contribution < -0.4 is 10.1 Å². The molecule has 0 saturated carbocycles. The van der Waals surface area contributed by atoms with E-state index in [0.717, 1.165) is 12.1 Å². The van der Waals surface area contributed by atoms with Crippen molar-refractivity contribution in [3.8, 4) is 5.75 Å². The highest BCUT2D eigenvalue weighted by atomic mass is 19.4. The Bertz CT molecular complexity index is 516. The number of hydrogen-bond acceptors (Lipinski definition) is 3. The van der Waals surface area contributed by atoms with Crippen LogP contribution in [0.1, 0.15) is 16.8 Å². The highest BCUT2D eigenvalue weighted by Gasteiger charge is 2.31. The number of carboxylic acids is 1. The maximum absolute atomic E-state index is 13.4. The number of amides is 1. The number of nitrogens with one attached hydrogen (secondary N) is 1. The van der Waals surface area contributed by atoms with E-state index in [9.17, 15) is 27.2 Å². The predicted octanol–water partition coefficient (Wildman–Crippen LogP) is 1.93. The molecule has 110 valence electrons. The molecule has 0 aromatic heterocycles. The van der Waals surface area contributed by atoms with Gasteiger partial charge >= 0.3 is 12.3 Å². The first-order chi connectivity index (χ1) is 9.19. The molecule has 0 unspecified atom stereocenters. The largest absolute Gasteiger partial charge is 0.573 e. The molecule has 1 aromatic carbocycles. The van der Waals surface area contributed by atoms with Gasteiger partial charge in [-0.05, 0) is 12.1 Å². The molecule has 1 aromatic rings. The van der Waals surface area contributed by atoms with Crippen molar-refractivity contribution in [1.29, 1.82) is 0 Å². The van der Waals surface area contributed by atoms with Crippen LogP contribution in [0, 0.1) is 5.82 Å². The zero-order valence-corrected chi connectivity index (χ0v) is 9.83. The number of alkyl halides is 3. The summed E-state index contributed by atoms with van der Waals surface area (Å²) in [6.07, 6.45) is -5.32. The van der Waals surface area contributed by atoms with Gasteiger partial charge in [-0.2, -0.15) is 0 Å². The van der Waals surface area contributed by atoms with Crippen molar-refractivity contribution in [3.05, 3.63) is 29.6 Å². The Hall–Kier alpha value is -2.32. The third-order valence-electron chi connectivity index (χ3n) is 2.04. The first-order valence-corrected chi connectivity index (χ1v) is 5.24. The van der Waals surface area contributed by atoms with Crippen LogP contribution in [0.15, 0.2) is 18.2 Å². The lowest BCUT2D eigenvalue weighted by molar-refractivity contribution is -0.274. The lowest BCUT2D eigenvalue weighted by Gasteiger charge is -2.10. The van der Waals surface area contributed by atoms with Crippen LogP contribution in [0.25, 0.3) is 0 Å². The summed E-state index contributed by atoms with van der Waals surface area (Å²) in [5.74, 6) is -4.08. The Morgan fingerprint density at radius 1 is 1.30 bits per heavy atom. The first kappa shape index (κ1) is 15.7. The van der Waals surface area contributed by atoms with E-state index >= 15 is 0 Å². The molecule has 9 heteroatoms. The van der Waals surface area contributed by atoms with Crippen molar-refractivity contribution in [2.24, 2.45) is 0 Å². The second-order valence-electron chi connectivity index (χ2n) is 3.59. The average molecular weight is 295 g/mol. The quantitative estimate of drug-likeness (QED) is 0.814. The standard InChI is InChI=1S/C11H9F4NO4/c12-8-5-6(20-11(13,14)15)1-2-7(8)10(19)16-4-3-9(17)18/h1-2,5H,3-4H2,(H,16,19)(H,17,18). The maximum atomic E-state index is 13.4. The van der Waals surface area contributed by atoms with E-state index in [1.165, 1.54) is 0 Å². The zero-order chi connectivity index (χ0) is 15.3. The first-order valence-electron chi connectivity index (χ1n) is 5.24. The molecule has 0 saturated heterocycles. The van der Waals surface area contributed by atoms with Gasteiger partial charge in [-0.25, -0.2) is 4.39 Å². The summed E-state index contributed by atoms with van der Waals surface area (Å²) in [6.45, 7) is -0.228. The summed E-state index contributed by atoms with van der Waals surface area (Å²) in [7, 11) is 0. The summed E-state index contributed by atoms with van der Waals surface area (Å²) in [5, 5.41) is 10.5. The number of halogens is 4. The highest BCUT2D eigenvalue weighted by molar-refractivity contribution is 5.94. The molecule has 1 amide bonds. The summed E-state index contributed by atoms with van der Waals surface area (Å²) in [6, 6.07) is 2.01. The number of carbonyl (C=O) groups excluding carboxylic acids is 1.